The van der Waals surface area contributed by atoms with Crippen LogP contribution in [0.3, 0.4) is 0 Å². The third kappa shape index (κ3) is 2.94. The Morgan fingerprint density at radius 2 is 1.86 bits per heavy atom. The van der Waals surface area contributed by atoms with Gasteiger partial charge in [-0.1, -0.05) is 40.2 Å². The minimum absolute atomic E-state index is 0.0204. The molecule has 0 spiro atoms. The Kier molecular flexibility index (Phi) is 3.94. The van der Waals surface area contributed by atoms with Gasteiger partial charge in [0.25, 0.3) is 5.91 Å². The monoisotopic (exact) mass is 347 g/mol. The SMILES string of the molecule is O=C1COc2ccc(Br)cc2N1Cc1ccc(CO)cc1. The standard InChI is InChI=1S/C16H14BrNO3/c17-13-5-6-15-14(7-13)18(16(20)10-21-15)8-11-1-3-12(9-19)4-2-11/h1-7,19H,8-10H2. The topological polar surface area (TPSA) is 49.8 Å². The fourth-order valence-corrected chi connectivity index (χ4v) is 2.63. The summed E-state index contributed by atoms with van der Waals surface area (Å²) in [7, 11) is 0. The van der Waals surface area contributed by atoms with Crippen molar-refractivity contribution in [1.82, 2.24) is 0 Å². The maximum atomic E-state index is 12.1. The van der Waals surface area contributed by atoms with Crippen molar-refractivity contribution in [3.05, 3.63) is 58.1 Å². The number of hydrogen-bond donors (Lipinski definition) is 1. The van der Waals surface area contributed by atoms with Gasteiger partial charge < -0.3 is 14.7 Å². The van der Waals surface area contributed by atoms with Gasteiger partial charge in [-0.05, 0) is 29.3 Å². The van der Waals surface area contributed by atoms with Gasteiger partial charge in [0.05, 0.1) is 18.8 Å². The van der Waals surface area contributed by atoms with Gasteiger partial charge in [-0.2, -0.15) is 0 Å². The summed E-state index contributed by atoms with van der Waals surface area (Å²) in [6.07, 6.45) is 0. The first-order valence-corrected chi connectivity index (χ1v) is 7.38. The van der Waals surface area contributed by atoms with Gasteiger partial charge in [0.2, 0.25) is 0 Å². The predicted molar refractivity (Wildman–Crippen MR) is 83.2 cm³/mol. The number of halogens is 1. The molecule has 108 valence electrons. The van der Waals surface area contributed by atoms with E-state index >= 15 is 0 Å². The molecule has 0 unspecified atom stereocenters. The van der Waals surface area contributed by atoms with Crippen LogP contribution in [0.2, 0.25) is 0 Å². The van der Waals surface area contributed by atoms with Gasteiger partial charge >= 0.3 is 0 Å². The molecule has 0 aliphatic carbocycles. The van der Waals surface area contributed by atoms with Gasteiger partial charge in [0.1, 0.15) is 5.75 Å². The zero-order chi connectivity index (χ0) is 14.8. The summed E-state index contributed by atoms with van der Waals surface area (Å²) in [5, 5.41) is 9.07. The van der Waals surface area contributed by atoms with E-state index in [4.69, 9.17) is 9.84 Å². The second-order valence-corrected chi connectivity index (χ2v) is 5.77. The van der Waals surface area contributed by atoms with Gasteiger partial charge in [-0.25, -0.2) is 0 Å². The molecule has 5 heteroatoms. The minimum Gasteiger partial charge on any atom is -0.482 e. The number of aliphatic hydroxyl groups excluding tert-OH is 1. The van der Waals surface area contributed by atoms with Crippen LogP contribution in [-0.2, 0) is 17.9 Å². The third-order valence-electron chi connectivity index (χ3n) is 3.41. The van der Waals surface area contributed by atoms with Crippen molar-refractivity contribution < 1.29 is 14.6 Å². The Hall–Kier alpha value is -1.85. The van der Waals surface area contributed by atoms with E-state index in [0.717, 1.165) is 21.3 Å². The van der Waals surface area contributed by atoms with Crippen LogP contribution in [0.25, 0.3) is 0 Å². The van der Waals surface area contributed by atoms with Crippen molar-refractivity contribution in [3.8, 4) is 5.75 Å². The summed E-state index contributed by atoms with van der Waals surface area (Å²) >= 11 is 3.42. The second kappa shape index (κ2) is 5.87. The van der Waals surface area contributed by atoms with Crippen LogP contribution in [0.5, 0.6) is 5.75 Å². The molecule has 4 nitrogen and oxygen atoms in total. The second-order valence-electron chi connectivity index (χ2n) is 4.86. The van der Waals surface area contributed by atoms with Crippen molar-refractivity contribution in [3.63, 3.8) is 0 Å². The molecule has 2 aromatic rings. The number of benzene rings is 2. The molecule has 0 atom stereocenters. The molecule has 0 saturated heterocycles. The fraction of sp³-hybridized carbons (Fsp3) is 0.188. The van der Waals surface area contributed by atoms with Crippen LogP contribution in [0, 0.1) is 0 Å². The van der Waals surface area contributed by atoms with E-state index in [1.165, 1.54) is 0 Å². The predicted octanol–water partition coefficient (Wildman–Crippen LogP) is 2.87. The lowest BCUT2D eigenvalue weighted by molar-refractivity contribution is -0.121. The average molecular weight is 348 g/mol. The highest BCUT2D eigenvalue weighted by atomic mass is 79.9. The number of nitrogens with zero attached hydrogens (tertiary/aromatic N) is 1. The number of ether oxygens (including phenoxy) is 1. The highest BCUT2D eigenvalue weighted by Gasteiger charge is 2.25. The van der Waals surface area contributed by atoms with Crippen LogP contribution < -0.4 is 9.64 Å². The molecule has 1 N–H and O–H groups in total. The molecule has 0 radical (unpaired) electrons. The molecule has 0 bridgehead atoms. The molecule has 1 amide bonds. The number of amides is 1. The van der Waals surface area contributed by atoms with Crippen LogP contribution in [0.4, 0.5) is 5.69 Å². The molecule has 1 aliphatic heterocycles. The lowest BCUT2D eigenvalue weighted by Gasteiger charge is -2.29. The van der Waals surface area contributed by atoms with Gasteiger partial charge in [-0.15, -0.1) is 0 Å². The first-order chi connectivity index (χ1) is 10.2. The van der Waals surface area contributed by atoms with Gasteiger partial charge in [0, 0.05) is 4.47 Å². The number of hydrogen-bond acceptors (Lipinski definition) is 3. The number of aliphatic hydroxyl groups is 1. The van der Waals surface area contributed by atoms with E-state index < -0.39 is 0 Å². The largest absolute Gasteiger partial charge is 0.482 e. The Balaban J connectivity index is 1.90. The molecule has 1 heterocycles. The molecular weight excluding hydrogens is 334 g/mol. The summed E-state index contributed by atoms with van der Waals surface area (Å²) in [5.74, 6) is 0.650. The number of carbonyl (C=O) groups is 1. The van der Waals surface area contributed by atoms with Crippen molar-refractivity contribution in [2.24, 2.45) is 0 Å². The summed E-state index contributed by atoms with van der Waals surface area (Å²) < 4.78 is 6.35. The molecule has 1 aliphatic rings. The first kappa shape index (κ1) is 14.1. The Bertz CT molecular complexity index is 670. The van der Waals surface area contributed by atoms with Crippen LogP contribution in [0.1, 0.15) is 11.1 Å². The van der Waals surface area contributed by atoms with Gasteiger partial charge in [0.15, 0.2) is 6.61 Å². The fourth-order valence-electron chi connectivity index (χ4n) is 2.28. The number of rotatable bonds is 3. The smallest absolute Gasteiger partial charge is 0.265 e. The van der Waals surface area contributed by atoms with Gasteiger partial charge in [-0.3, -0.25) is 4.79 Å². The molecule has 0 aromatic heterocycles. The maximum Gasteiger partial charge on any atom is 0.265 e. The van der Waals surface area contributed by atoms with Crippen molar-refractivity contribution in [2.45, 2.75) is 13.2 Å². The lowest BCUT2D eigenvalue weighted by atomic mass is 10.1. The maximum absolute atomic E-state index is 12.1. The van der Waals surface area contributed by atoms with Crippen molar-refractivity contribution in [1.29, 1.82) is 0 Å². The van der Waals surface area contributed by atoms with E-state index in [9.17, 15) is 4.79 Å². The molecule has 2 aromatic carbocycles. The molecular formula is C16H14BrNO3. The number of fused-ring (bicyclic) bond motifs is 1. The van der Waals surface area contributed by atoms with Crippen molar-refractivity contribution >= 4 is 27.5 Å². The summed E-state index contributed by atoms with van der Waals surface area (Å²) in [4.78, 5) is 13.9. The summed E-state index contributed by atoms with van der Waals surface area (Å²) in [6.45, 7) is 0.563. The molecule has 21 heavy (non-hydrogen) atoms. The van der Waals surface area contributed by atoms with Crippen molar-refractivity contribution in [2.75, 3.05) is 11.5 Å². The van der Waals surface area contributed by atoms with Crippen LogP contribution >= 0.6 is 15.9 Å². The minimum atomic E-state index is -0.0631. The quantitative estimate of drug-likeness (QED) is 0.928. The Morgan fingerprint density at radius 3 is 2.57 bits per heavy atom. The molecule has 3 rings (SSSR count). The lowest BCUT2D eigenvalue weighted by Crippen LogP contribution is -2.38. The van der Waals surface area contributed by atoms with E-state index in [1.807, 2.05) is 42.5 Å². The average Bonchev–Trinajstić information content (AvgIpc) is 2.51. The number of carbonyl (C=O) groups excluding carboxylic acids is 1. The molecule has 0 saturated carbocycles. The zero-order valence-electron chi connectivity index (χ0n) is 11.3. The highest BCUT2D eigenvalue weighted by Crippen LogP contribution is 2.35. The Labute approximate surface area is 131 Å². The van der Waals surface area contributed by atoms with Crippen LogP contribution in [0.15, 0.2) is 46.9 Å². The van der Waals surface area contributed by atoms with E-state index in [2.05, 4.69) is 15.9 Å². The normalized spacial score (nSPS) is 13.8. The summed E-state index contributed by atoms with van der Waals surface area (Å²) in [6, 6.07) is 13.2. The molecule has 0 fully saturated rings. The zero-order valence-corrected chi connectivity index (χ0v) is 12.8. The Morgan fingerprint density at radius 1 is 1.14 bits per heavy atom. The van der Waals surface area contributed by atoms with E-state index in [-0.39, 0.29) is 19.1 Å². The van der Waals surface area contributed by atoms with Crippen LogP contribution in [-0.4, -0.2) is 17.6 Å². The highest BCUT2D eigenvalue weighted by molar-refractivity contribution is 9.10. The van der Waals surface area contributed by atoms with E-state index in [1.54, 1.807) is 4.90 Å². The number of anilines is 1. The third-order valence-corrected chi connectivity index (χ3v) is 3.90. The van der Waals surface area contributed by atoms with E-state index in [0.29, 0.717) is 12.3 Å². The summed E-state index contributed by atoms with van der Waals surface area (Å²) in [5.41, 5.74) is 2.63. The first-order valence-electron chi connectivity index (χ1n) is 6.59.